The fourth-order valence-corrected chi connectivity index (χ4v) is 3.41. The summed E-state index contributed by atoms with van der Waals surface area (Å²) < 4.78 is 12.9. The van der Waals surface area contributed by atoms with Crippen LogP contribution in [0.3, 0.4) is 0 Å². The van der Waals surface area contributed by atoms with Crippen molar-refractivity contribution in [1.29, 1.82) is 0 Å². The summed E-state index contributed by atoms with van der Waals surface area (Å²) in [5, 5.41) is 4.23. The lowest BCUT2D eigenvalue weighted by molar-refractivity contribution is 0.0676. The third kappa shape index (κ3) is 2.91. The second-order valence-electron chi connectivity index (χ2n) is 6.38. The number of hydrogen-bond donors (Lipinski definition) is 1. The molecule has 130 valence electrons. The standard InChI is InChI=1S/C17H24N4O3/c1-10-11(2)24-12(3)16(10)17(22)21-9-14(23-4)7-13(21)8-20-6-5-15(18)19-20/h5-6,13-14H,7-9H2,1-4H3,(H2,18,19)/t13-,14-/m0/s1. The number of nitrogens with zero attached hydrogens (tertiary/aromatic N) is 3. The van der Waals surface area contributed by atoms with E-state index < -0.39 is 0 Å². The highest BCUT2D eigenvalue weighted by Crippen LogP contribution is 2.28. The van der Waals surface area contributed by atoms with Crippen molar-refractivity contribution in [3.05, 3.63) is 34.9 Å². The molecule has 2 aromatic rings. The van der Waals surface area contributed by atoms with Gasteiger partial charge in [0.2, 0.25) is 0 Å². The summed E-state index contributed by atoms with van der Waals surface area (Å²) in [6, 6.07) is 1.76. The molecule has 1 aliphatic rings. The molecule has 0 unspecified atom stereocenters. The number of likely N-dealkylation sites (tertiary alicyclic amines) is 1. The van der Waals surface area contributed by atoms with Crippen LogP contribution in [0.4, 0.5) is 5.82 Å². The molecule has 2 aromatic heterocycles. The second-order valence-corrected chi connectivity index (χ2v) is 6.38. The number of aryl methyl sites for hydroxylation is 2. The van der Waals surface area contributed by atoms with E-state index in [4.69, 9.17) is 14.9 Å². The molecular formula is C17H24N4O3. The Balaban J connectivity index is 1.86. The predicted molar refractivity (Wildman–Crippen MR) is 89.8 cm³/mol. The number of aromatic nitrogens is 2. The molecule has 3 rings (SSSR count). The van der Waals surface area contributed by atoms with Gasteiger partial charge in [0.1, 0.15) is 17.3 Å². The number of carbonyl (C=O) groups excluding carboxylic acids is 1. The van der Waals surface area contributed by atoms with Crippen molar-refractivity contribution >= 4 is 11.7 Å². The number of methoxy groups -OCH3 is 1. The highest BCUT2D eigenvalue weighted by atomic mass is 16.5. The molecule has 2 atom stereocenters. The third-order valence-electron chi connectivity index (χ3n) is 4.80. The van der Waals surface area contributed by atoms with Gasteiger partial charge in [-0.25, -0.2) is 0 Å². The van der Waals surface area contributed by atoms with Gasteiger partial charge in [0, 0.05) is 25.4 Å². The van der Waals surface area contributed by atoms with Crippen molar-refractivity contribution in [3.8, 4) is 0 Å². The van der Waals surface area contributed by atoms with Gasteiger partial charge in [-0.2, -0.15) is 5.10 Å². The van der Waals surface area contributed by atoms with E-state index in [1.807, 2.05) is 31.9 Å². The molecule has 1 amide bonds. The van der Waals surface area contributed by atoms with Gasteiger partial charge < -0.3 is 19.8 Å². The van der Waals surface area contributed by atoms with E-state index in [-0.39, 0.29) is 18.1 Å². The molecule has 1 aliphatic heterocycles. The first-order valence-electron chi connectivity index (χ1n) is 8.10. The molecule has 1 saturated heterocycles. The lowest BCUT2D eigenvalue weighted by atomic mass is 10.1. The number of hydrogen-bond acceptors (Lipinski definition) is 5. The first kappa shape index (κ1) is 16.6. The van der Waals surface area contributed by atoms with Crippen LogP contribution in [0.5, 0.6) is 0 Å². The molecule has 3 heterocycles. The molecule has 7 heteroatoms. The SMILES string of the molecule is CO[C@H]1C[C@@H](Cn2ccc(N)n2)N(C(=O)c2c(C)oc(C)c2C)C1. The van der Waals surface area contributed by atoms with Crippen molar-refractivity contribution in [2.75, 3.05) is 19.4 Å². The van der Waals surface area contributed by atoms with Crippen LogP contribution >= 0.6 is 0 Å². The van der Waals surface area contributed by atoms with Gasteiger partial charge in [0.15, 0.2) is 0 Å². The molecule has 2 N–H and O–H groups in total. The lowest BCUT2D eigenvalue weighted by Gasteiger charge is -2.24. The molecule has 0 aromatic carbocycles. The number of nitrogen functional groups attached to an aromatic ring is 1. The fraction of sp³-hybridized carbons (Fsp3) is 0.529. The molecule has 1 fully saturated rings. The van der Waals surface area contributed by atoms with Crippen LogP contribution in [0.15, 0.2) is 16.7 Å². The lowest BCUT2D eigenvalue weighted by Crippen LogP contribution is -2.39. The van der Waals surface area contributed by atoms with Crippen molar-refractivity contribution in [1.82, 2.24) is 14.7 Å². The van der Waals surface area contributed by atoms with Crippen molar-refractivity contribution < 1.29 is 13.9 Å². The second kappa shape index (κ2) is 6.32. The number of rotatable bonds is 4. The summed E-state index contributed by atoms with van der Waals surface area (Å²) in [6.07, 6.45) is 2.63. The van der Waals surface area contributed by atoms with Crippen LogP contribution in [0, 0.1) is 20.8 Å². The van der Waals surface area contributed by atoms with E-state index >= 15 is 0 Å². The number of nitrogens with two attached hydrogens (primary N) is 1. The number of carbonyl (C=O) groups is 1. The molecule has 0 aliphatic carbocycles. The minimum absolute atomic E-state index is 0.00784. The highest BCUT2D eigenvalue weighted by molar-refractivity contribution is 5.97. The Morgan fingerprint density at radius 2 is 2.17 bits per heavy atom. The van der Waals surface area contributed by atoms with Gasteiger partial charge in [-0.3, -0.25) is 9.48 Å². The van der Waals surface area contributed by atoms with Crippen molar-refractivity contribution in [3.63, 3.8) is 0 Å². The van der Waals surface area contributed by atoms with Crippen LogP contribution in [0.2, 0.25) is 0 Å². The Hall–Kier alpha value is -2.28. The van der Waals surface area contributed by atoms with E-state index in [0.717, 1.165) is 17.7 Å². The number of furan rings is 1. The smallest absolute Gasteiger partial charge is 0.258 e. The fourth-order valence-electron chi connectivity index (χ4n) is 3.41. The summed E-state index contributed by atoms with van der Waals surface area (Å²) >= 11 is 0. The number of anilines is 1. The predicted octanol–water partition coefficient (Wildman–Crippen LogP) is 1.91. The maximum atomic E-state index is 13.1. The van der Waals surface area contributed by atoms with E-state index in [0.29, 0.717) is 30.2 Å². The molecule has 0 radical (unpaired) electrons. The van der Waals surface area contributed by atoms with E-state index in [1.54, 1.807) is 17.9 Å². The Labute approximate surface area is 141 Å². The van der Waals surface area contributed by atoms with Crippen molar-refractivity contribution in [2.24, 2.45) is 0 Å². The summed E-state index contributed by atoms with van der Waals surface area (Å²) in [4.78, 5) is 15.0. The van der Waals surface area contributed by atoms with Crippen LogP contribution in [0.25, 0.3) is 0 Å². The molecule has 0 saturated carbocycles. The van der Waals surface area contributed by atoms with Gasteiger partial charge in [-0.1, -0.05) is 0 Å². The van der Waals surface area contributed by atoms with Crippen LogP contribution in [0.1, 0.15) is 33.9 Å². The van der Waals surface area contributed by atoms with Gasteiger partial charge in [0.05, 0.1) is 24.3 Å². The van der Waals surface area contributed by atoms with Crippen LogP contribution in [-0.4, -0.2) is 46.4 Å². The van der Waals surface area contributed by atoms with E-state index in [2.05, 4.69) is 5.10 Å². The monoisotopic (exact) mass is 332 g/mol. The number of amides is 1. The minimum Gasteiger partial charge on any atom is -0.466 e. The molecule has 24 heavy (non-hydrogen) atoms. The zero-order valence-corrected chi connectivity index (χ0v) is 14.6. The minimum atomic E-state index is -0.00784. The number of ether oxygens (including phenoxy) is 1. The topological polar surface area (TPSA) is 86.5 Å². The van der Waals surface area contributed by atoms with Crippen LogP contribution in [-0.2, 0) is 11.3 Å². The first-order valence-corrected chi connectivity index (χ1v) is 8.10. The Morgan fingerprint density at radius 3 is 2.71 bits per heavy atom. The third-order valence-corrected chi connectivity index (χ3v) is 4.80. The Kier molecular flexibility index (Phi) is 4.36. The van der Waals surface area contributed by atoms with E-state index in [9.17, 15) is 4.79 Å². The Bertz CT molecular complexity index is 749. The summed E-state index contributed by atoms with van der Waals surface area (Å²) in [5.74, 6) is 1.92. The summed E-state index contributed by atoms with van der Waals surface area (Å²) in [5.41, 5.74) is 7.25. The van der Waals surface area contributed by atoms with Gasteiger partial charge >= 0.3 is 0 Å². The van der Waals surface area contributed by atoms with Gasteiger partial charge in [-0.05, 0) is 33.3 Å². The maximum Gasteiger partial charge on any atom is 0.258 e. The molecular weight excluding hydrogens is 308 g/mol. The average Bonchev–Trinajstić information content (AvgIpc) is 3.19. The Morgan fingerprint density at radius 1 is 1.42 bits per heavy atom. The normalized spacial score (nSPS) is 20.8. The molecule has 7 nitrogen and oxygen atoms in total. The van der Waals surface area contributed by atoms with Crippen molar-refractivity contribution in [2.45, 2.75) is 45.9 Å². The van der Waals surface area contributed by atoms with Gasteiger partial charge in [0.25, 0.3) is 5.91 Å². The van der Waals surface area contributed by atoms with Gasteiger partial charge in [-0.15, -0.1) is 0 Å². The summed E-state index contributed by atoms with van der Waals surface area (Å²) in [7, 11) is 1.68. The average molecular weight is 332 g/mol. The maximum absolute atomic E-state index is 13.1. The first-order chi connectivity index (χ1) is 11.4. The highest BCUT2D eigenvalue weighted by Gasteiger charge is 2.37. The molecule has 0 bridgehead atoms. The quantitative estimate of drug-likeness (QED) is 0.924. The van der Waals surface area contributed by atoms with E-state index in [1.165, 1.54) is 0 Å². The zero-order valence-electron chi connectivity index (χ0n) is 14.6. The van der Waals surface area contributed by atoms with Crippen LogP contribution < -0.4 is 5.73 Å². The summed E-state index contributed by atoms with van der Waals surface area (Å²) in [6.45, 7) is 6.80. The largest absolute Gasteiger partial charge is 0.466 e. The zero-order chi connectivity index (χ0) is 17.4. The molecule has 0 spiro atoms.